The molecule has 1 saturated carbocycles. The van der Waals surface area contributed by atoms with Crippen LogP contribution in [-0.2, 0) is 4.79 Å². The standard InChI is InChI=1S/C15H28N2O4/c1-10(2)7-11(8-14(19)20)9-16-15(21)17-12-5-3-4-6-13(12)18/h10-13,18H,3-9H2,1-2H3,(H,19,20)(H2,16,17,21). The second-order valence-electron chi connectivity index (χ2n) is 6.41. The number of carbonyl (C=O) groups excluding carboxylic acids is 1. The van der Waals surface area contributed by atoms with Crippen LogP contribution in [0.4, 0.5) is 4.79 Å². The summed E-state index contributed by atoms with van der Waals surface area (Å²) in [5, 5.41) is 24.2. The van der Waals surface area contributed by atoms with Crippen molar-refractivity contribution < 1.29 is 19.8 Å². The van der Waals surface area contributed by atoms with Gasteiger partial charge in [-0.2, -0.15) is 0 Å². The molecular weight excluding hydrogens is 272 g/mol. The van der Waals surface area contributed by atoms with Gasteiger partial charge in [0.2, 0.25) is 0 Å². The fourth-order valence-corrected chi connectivity index (χ4v) is 2.89. The third kappa shape index (κ3) is 7.32. The summed E-state index contributed by atoms with van der Waals surface area (Å²) in [5.41, 5.74) is 0. The highest BCUT2D eigenvalue weighted by molar-refractivity contribution is 5.74. The normalized spacial score (nSPS) is 23.6. The number of carbonyl (C=O) groups is 2. The number of aliphatic hydroxyl groups is 1. The minimum Gasteiger partial charge on any atom is -0.481 e. The van der Waals surface area contributed by atoms with Gasteiger partial charge in [0.05, 0.1) is 12.1 Å². The lowest BCUT2D eigenvalue weighted by Gasteiger charge is -2.28. The smallest absolute Gasteiger partial charge is 0.315 e. The van der Waals surface area contributed by atoms with Gasteiger partial charge in [-0.15, -0.1) is 0 Å². The minimum atomic E-state index is -0.842. The van der Waals surface area contributed by atoms with E-state index in [0.717, 1.165) is 32.1 Å². The molecule has 1 rings (SSSR count). The van der Waals surface area contributed by atoms with Crippen LogP contribution in [0, 0.1) is 11.8 Å². The van der Waals surface area contributed by atoms with Gasteiger partial charge in [-0.3, -0.25) is 4.79 Å². The Hall–Kier alpha value is -1.30. The molecule has 0 bridgehead atoms. The molecule has 1 aliphatic carbocycles. The van der Waals surface area contributed by atoms with Crippen molar-refractivity contribution in [1.82, 2.24) is 10.6 Å². The third-order valence-corrected chi connectivity index (χ3v) is 3.87. The lowest BCUT2D eigenvalue weighted by atomic mass is 9.92. The SMILES string of the molecule is CC(C)CC(CNC(=O)NC1CCCCC1O)CC(=O)O. The molecule has 4 N–H and O–H groups in total. The van der Waals surface area contributed by atoms with Crippen molar-refractivity contribution in [3.05, 3.63) is 0 Å². The summed E-state index contributed by atoms with van der Waals surface area (Å²) >= 11 is 0. The van der Waals surface area contributed by atoms with E-state index in [2.05, 4.69) is 10.6 Å². The van der Waals surface area contributed by atoms with Crippen molar-refractivity contribution in [3.63, 3.8) is 0 Å². The quantitative estimate of drug-likeness (QED) is 0.575. The summed E-state index contributed by atoms with van der Waals surface area (Å²) in [6.07, 6.45) is 3.87. The summed E-state index contributed by atoms with van der Waals surface area (Å²) < 4.78 is 0. The van der Waals surface area contributed by atoms with E-state index in [1.165, 1.54) is 0 Å². The number of aliphatic carboxylic acids is 1. The Morgan fingerprint density at radius 3 is 2.48 bits per heavy atom. The molecule has 1 aliphatic rings. The van der Waals surface area contributed by atoms with Crippen LogP contribution in [-0.4, -0.2) is 40.9 Å². The predicted octanol–water partition coefficient (Wildman–Crippen LogP) is 1.73. The molecule has 0 radical (unpaired) electrons. The molecule has 6 heteroatoms. The number of rotatable bonds is 7. The van der Waals surface area contributed by atoms with Crippen molar-refractivity contribution >= 4 is 12.0 Å². The Bertz CT molecular complexity index is 347. The first kappa shape index (κ1) is 17.8. The molecule has 0 spiro atoms. The first-order valence-electron chi connectivity index (χ1n) is 7.82. The second-order valence-corrected chi connectivity index (χ2v) is 6.41. The molecule has 3 atom stereocenters. The van der Waals surface area contributed by atoms with Crippen molar-refractivity contribution in [2.45, 2.75) is 64.5 Å². The minimum absolute atomic E-state index is 0.0600. The Labute approximate surface area is 126 Å². The van der Waals surface area contributed by atoms with Gasteiger partial charge in [-0.05, 0) is 31.1 Å². The molecule has 0 saturated heterocycles. The van der Waals surface area contributed by atoms with Crippen LogP contribution in [0.5, 0.6) is 0 Å². The number of carboxylic acid groups (broad SMARTS) is 1. The topological polar surface area (TPSA) is 98.7 Å². The molecule has 0 aromatic rings. The number of hydrogen-bond donors (Lipinski definition) is 4. The highest BCUT2D eigenvalue weighted by Gasteiger charge is 2.24. The van der Waals surface area contributed by atoms with Crippen LogP contribution in [0.15, 0.2) is 0 Å². The predicted molar refractivity (Wildman–Crippen MR) is 80.0 cm³/mol. The van der Waals surface area contributed by atoms with Gasteiger partial charge >= 0.3 is 12.0 Å². The van der Waals surface area contributed by atoms with E-state index in [0.29, 0.717) is 12.5 Å². The maximum absolute atomic E-state index is 11.9. The zero-order valence-electron chi connectivity index (χ0n) is 13.0. The van der Waals surface area contributed by atoms with Gasteiger partial charge in [-0.1, -0.05) is 26.7 Å². The van der Waals surface area contributed by atoms with E-state index in [4.69, 9.17) is 5.11 Å². The van der Waals surface area contributed by atoms with E-state index in [1.54, 1.807) is 0 Å². The van der Waals surface area contributed by atoms with Gasteiger partial charge in [0.15, 0.2) is 0 Å². The van der Waals surface area contributed by atoms with Crippen LogP contribution in [0.3, 0.4) is 0 Å². The molecule has 0 aliphatic heterocycles. The van der Waals surface area contributed by atoms with E-state index in [-0.39, 0.29) is 24.4 Å². The average Bonchev–Trinajstić information content (AvgIpc) is 2.37. The van der Waals surface area contributed by atoms with E-state index in [1.807, 2.05) is 13.8 Å². The summed E-state index contributed by atoms with van der Waals surface area (Å²) in [5.74, 6) is -0.519. The first-order valence-corrected chi connectivity index (χ1v) is 7.82. The number of amides is 2. The second kappa shape index (κ2) is 8.87. The lowest BCUT2D eigenvalue weighted by Crippen LogP contribution is -2.49. The lowest BCUT2D eigenvalue weighted by molar-refractivity contribution is -0.138. The monoisotopic (exact) mass is 300 g/mol. The molecule has 21 heavy (non-hydrogen) atoms. The van der Waals surface area contributed by atoms with Crippen LogP contribution in [0.1, 0.15) is 52.4 Å². The number of carboxylic acids is 1. The Kier molecular flexibility index (Phi) is 7.50. The van der Waals surface area contributed by atoms with Crippen molar-refractivity contribution in [2.75, 3.05) is 6.54 Å². The van der Waals surface area contributed by atoms with E-state index in [9.17, 15) is 14.7 Å². The van der Waals surface area contributed by atoms with Crippen molar-refractivity contribution in [1.29, 1.82) is 0 Å². The van der Waals surface area contributed by atoms with Crippen LogP contribution >= 0.6 is 0 Å². The number of urea groups is 1. The third-order valence-electron chi connectivity index (χ3n) is 3.87. The van der Waals surface area contributed by atoms with Crippen molar-refractivity contribution in [2.24, 2.45) is 11.8 Å². The number of hydrogen-bond acceptors (Lipinski definition) is 3. The first-order chi connectivity index (χ1) is 9.88. The van der Waals surface area contributed by atoms with Gasteiger partial charge < -0.3 is 20.8 Å². The fourth-order valence-electron chi connectivity index (χ4n) is 2.89. The van der Waals surface area contributed by atoms with Gasteiger partial charge in [0.1, 0.15) is 0 Å². The molecule has 0 aromatic carbocycles. The zero-order chi connectivity index (χ0) is 15.8. The molecule has 6 nitrogen and oxygen atoms in total. The highest BCUT2D eigenvalue weighted by Crippen LogP contribution is 2.18. The molecule has 0 heterocycles. The molecule has 2 amide bonds. The summed E-state index contributed by atoms with van der Waals surface area (Å²) in [6.45, 7) is 4.42. The van der Waals surface area contributed by atoms with Crippen LogP contribution < -0.4 is 10.6 Å². The summed E-state index contributed by atoms with van der Waals surface area (Å²) in [6, 6.07) is -0.512. The van der Waals surface area contributed by atoms with Gasteiger partial charge in [0.25, 0.3) is 0 Å². The summed E-state index contributed by atoms with van der Waals surface area (Å²) in [4.78, 5) is 22.7. The molecule has 122 valence electrons. The van der Waals surface area contributed by atoms with E-state index >= 15 is 0 Å². The molecule has 3 unspecified atom stereocenters. The maximum Gasteiger partial charge on any atom is 0.315 e. The number of nitrogens with one attached hydrogen (secondary N) is 2. The van der Waals surface area contributed by atoms with E-state index < -0.39 is 12.1 Å². The highest BCUT2D eigenvalue weighted by atomic mass is 16.4. The molecular formula is C15H28N2O4. The Morgan fingerprint density at radius 1 is 1.24 bits per heavy atom. The maximum atomic E-state index is 11.9. The molecule has 0 aromatic heterocycles. The van der Waals surface area contributed by atoms with Gasteiger partial charge in [-0.25, -0.2) is 4.79 Å². The van der Waals surface area contributed by atoms with Crippen LogP contribution in [0.25, 0.3) is 0 Å². The average molecular weight is 300 g/mol. The molecule has 1 fully saturated rings. The van der Waals surface area contributed by atoms with Crippen LogP contribution in [0.2, 0.25) is 0 Å². The fraction of sp³-hybridized carbons (Fsp3) is 0.867. The summed E-state index contributed by atoms with van der Waals surface area (Å²) in [7, 11) is 0. The Morgan fingerprint density at radius 2 is 1.90 bits per heavy atom. The zero-order valence-corrected chi connectivity index (χ0v) is 13.0. The largest absolute Gasteiger partial charge is 0.481 e. The number of aliphatic hydroxyl groups excluding tert-OH is 1. The van der Waals surface area contributed by atoms with Crippen molar-refractivity contribution in [3.8, 4) is 0 Å². The Balaban J connectivity index is 2.36. The van der Waals surface area contributed by atoms with Gasteiger partial charge in [0, 0.05) is 13.0 Å².